The first-order chi connectivity index (χ1) is 12.3. The van der Waals surface area contributed by atoms with Crippen molar-refractivity contribution in [3.05, 3.63) is 42.2 Å². The Morgan fingerprint density at radius 1 is 1.24 bits per heavy atom. The van der Waals surface area contributed by atoms with Crippen molar-refractivity contribution in [3.8, 4) is 0 Å². The van der Waals surface area contributed by atoms with Crippen LogP contribution in [0.2, 0.25) is 0 Å². The molecule has 2 heterocycles. The zero-order valence-corrected chi connectivity index (χ0v) is 14.5. The van der Waals surface area contributed by atoms with Gasteiger partial charge in [0, 0.05) is 24.9 Å². The molecule has 3 aliphatic rings. The van der Waals surface area contributed by atoms with E-state index >= 15 is 0 Å². The Balaban J connectivity index is 1.38. The summed E-state index contributed by atoms with van der Waals surface area (Å²) in [5.41, 5.74) is 1.12. The van der Waals surface area contributed by atoms with Gasteiger partial charge in [-0.1, -0.05) is 12.2 Å². The van der Waals surface area contributed by atoms with E-state index in [1.54, 1.807) is 12.4 Å². The summed E-state index contributed by atoms with van der Waals surface area (Å²) in [6.07, 6.45) is 12.8. The Bertz CT molecular complexity index is 619. The minimum atomic E-state index is 0.0127. The van der Waals surface area contributed by atoms with Gasteiger partial charge in [0.2, 0.25) is 5.91 Å². The molecule has 134 valence electrons. The van der Waals surface area contributed by atoms with Gasteiger partial charge in [0.1, 0.15) is 6.10 Å². The second-order valence-corrected chi connectivity index (χ2v) is 7.20. The van der Waals surface area contributed by atoms with Crippen LogP contribution in [0.5, 0.6) is 0 Å². The van der Waals surface area contributed by atoms with Gasteiger partial charge in [-0.05, 0) is 49.8 Å². The summed E-state index contributed by atoms with van der Waals surface area (Å²) >= 11 is 0. The highest BCUT2D eigenvalue weighted by atomic mass is 16.5. The van der Waals surface area contributed by atoms with Crippen molar-refractivity contribution in [2.75, 3.05) is 13.2 Å². The van der Waals surface area contributed by atoms with Gasteiger partial charge in [-0.2, -0.15) is 0 Å². The van der Waals surface area contributed by atoms with Gasteiger partial charge >= 0.3 is 0 Å². The average molecular weight is 342 g/mol. The number of amides is 1. The van der Waals surface area contributed by atoms with Crippen molar-refractivity contribution in [2.45, 2.75) is 57.0 Å². The maximum absolute atomic E-state index is 13.0. The Kier molecular flexibility index (Phi) is 5.13. The zero-order chi connectivity index (χ0) is 17.1. The minimum Gasteiger partial charge on any atom is -0.372 e. The Morgan fingerprint density at radius 2 is 2.12 bits per heavy atom. The van der Waals surface area contributed by atoms with Gasteiger partial charge in [0.05, 0.1) is 25.4 Å². The predicted molar refractivity (Wildman–Crippen MR) is 93.8 cm³/mol. The molecular weight excluding hydrogens is 316 g/mol. The first-order valence-corrected chi connectivity index (χ1v) is 9.40. The van der Waals surface area contributed by atoms with Crippen LogP contribution in [-0.2, 0) is 20.9 Å². The van der Waals surface area contributed by atoms with Crippen LogP contribution in [0.25, 0.3) is 0 Å². The summed E-state index contributed by atoms with van der Waals surface area (Å²) in [6.45, 7) is 1.91. The number of carbonyl (C=O) groups excluding carboxylic acids is 1. The summed E-state index contributed by atoms with van der Waals surface area (Å²) in [4.78, 5) is 19.1. The minimum absolute atomic E-state index is 0.0127. The molecule has 1 saturated heterocycles. The van der Waals surface area contributed by atoms with Crippen LogP contribution in [-0.4, -0.2) is 47.2 Å². The van der Waals surface area contributed by atoms with Gasteiger partial charge in [0.25, 0.3) is 0 Å². The van der Waals surface area contributed by atoms with Crippen molar-refractivity contribution in [1.29, 1.82) is 0 Å². The van der Waals surface area contributed by atoms with Gasteiger partial charge in [-0.3, -0.25) is 9.78 Å². The number of rotatable bonds is 4. The molecule has 0 N–H and O–H groups in total. The quantitative estimate of drug-likeness (QED) is 0.790. The number of nitrogens with zero attached hydrogens (tertiary/aromatic N) is 2. The lowest BCUT2D eigenvalue weighted by Gasteiger charge is -2.40. The molecule has 1 aromatic heterocycles. The highest BCUT2D eigenvalue weighted by Gasteiger charge is 2.45. The van der Waals surface area contributed by atoms with Crippen LogP contribution in [0.15, 0.2) is 36.7 Å². The summed E-state index contributed by atoms with van der Waals surface area (Å²) in [6, 6.07) is 4.12. The predicted octanol–water partition coefficient (Wildman–Crippen LogP) is 2.71. The molecule has 0 bridgehead atoms. The Labute approximate surface area is 149 Å². The van der Waals surface area contributed by atoms with Gasteiger partial charge in [0.15, 0.2) is 0 Å². The smallest absolute Gasteiger partial charge is 0.226 e. The normalized spacial score (nSPS) is 31.8. The lowest BCUT2D eigenvalue weighted by atomic mass is 9.92. The number of carbonyl (C=O) groups is 1. The van der Waals surface area contributed by atoms with Gasteiger partial charge in [-0.15, -0.1) is 0 Å². The molecule has 1 aliphatic heterocycles. The summed E-state index contributed by atoms with van der Waals surface area (Å²) in [5.74, 6) is 0.470. The van der Waals surface area contributed by atoms with E-state index in [0.29, 0.717) is 19.1 Å². The van der Waals surface area contributed by atoms with E-state index in [9.17, 15) is 4.79 Å². The van der Waals surface area contributed by atoms with Crippen molar-refractivity contribution >= 4 is 5.91 Å². The number of aromatic nitrogens is 1. The van der Waals surface area contributed by atoms with Crippen molar-refractivity contribution in [3.63, 3.8) is 0 Å². The first kappa shape index (κ1) is 16.7. The number of pyridine rings is 1. The molecular formula is C20H26N2O3. The van der Waals surface area contributed by atoms with Crippen LogP contribution in [0, 0.1) is 5.92 Å². The molecule has 4 atom stereocenters. The third-order valence-corrected chi connectivity index (χ3v) is 5.65. The molecule has 25 heavy (non-hydrogen) atoms. The molecule has 1 aromatic rings. The number of ether oxygens (including phenoxy) is 2. The lowest BCUT2D eigenvalue weighted by Crippen LogP contribution is -2.55. The first-order valence-electron chi connectivity index (χ1n) is 9.40. The standard InChI is InChI=1S/C20H26N2O3/c23-20(16-4-2-1-3-5-16)22-12-13-24-19-17(22)6-7-18(19)25-14-15-8-10-21-11-9-15/h1-2,8-11,16-19H,3-7,12-14H2/t16?,17-,18+,19+/m0/s1. The fourth-order valence-electron chi connectivity index (χ4n) is 4.30. The number of hydrogen-bond donors (Lipinski definition) is 0. The van der Waals surface area contributed by atoms with Crippen LogP contribution in [0.3, 0.4) is 0 Å². The van der Waals surface area contributed by atoms with E-state index in [1.165, 1.54) is 0 Å². The molecule has 5 heteroatoms. The van der Waals surface area contributed by atoms with E-state index in [0.717, 1.165) is 44.2 Å². The van der Waals surface area contributed by atoms with E-state index in [4.69, 9.17) is 9.47 Å². The van der Waals surface area contributed by atoms with Gasteiger partial charge in [-0.25, -0.2) is 0 Å². The van der Waals surface area contributed by atoms with Crippen LogP contribution < -0.4 is 0 Å². The lowest BCUT2D eigenvalue weighted by molar-refractivity contribution is -0.156. The molecule has 2 aliphatic carbocycles. The monoisotopic (exact) mass is 342 g/mol. The fraction of sp³-hybridized carbons (Fsp3) is 0.600. The third-order valence-electron chi connectivity index (χ3n) is 5.65. The number of allylic oxidation sites excluding steroid dienone is 2. The van der Waals surface area contributed by atoms with E-state index in [2.05, 4.69) is 22.0 Å². The SMILES string of the molecule is O=C(C1CC=CCC1)N1CCO[C@H]2[C@H](OCc3ccncc3)CC[C@@H]21. The molecule has 0 spiro atoms. The van der Waals surface area contributed by atoms with Crippen LogP contribution in [0.1, 0.15) is 37.7 Å². The highest BCUT2D eigenvalue weighted by molar-refractivity contribution is 5.79. The number of hydrogen-bond acceptors (Lipinski definition) is 4. The number of morpholine rings is 1. The topological polar surface area (TPSA) is 51.7 Å². The average Bonchev–Trinajstić information content (AvgIpc) is 3.10. The molecule has 5 nitrogen and oxygen atoms in total. The summed E-state index contributed by atoms with van der Waals surface area (Å²) in [7, 11) is 0. The van der Waals surface area contributed by atoms with Crippen molar-refractivity contribution in [1.82, 2.24) is 9.88 Å². The maximum Gasteiger partial charge on any atom is 0.226 e. The maximum atomic E-state index is 13.0. The summed E-state index contributed by atoms with van der Waals surface area (Å²) in [5, 5.41) is 0. The van der Waals surface area contributed by atoms with Crippen molar-refractivity contribution in [2.24, 2.45) is 5.92 Å². The van der Waals surface area contributed by atoms with E-state index in [-0.39, 0.29) is 24.2 Å². The molecule has 4 rings (SSSR count). The van der Waals surface area contributed by atoms with Crippen LogP contribution >= 0.6 is 0 Å². The van der Waals surface area contributed by atoms with Crippen molar-refractivity contribution < 1.29 is 14.3 Å². The molecule has 2 fully saturated rings. The molecule has 1 saturated carbocycles. The zero-order valence-electron chi connectivity index (χ0n) is 14.5. The number of fused-ring (bicyclic) bond motifs is 1. The van der Waals surface area contributed by atoms with E-state index < -0.39 is 0 Å². The Morgan fingerprint density at radius 3 is 2.92 bits per heavy atom. The van der Waals surface area contributed by atoms with Gasteiger partial charge < -0.3 is 14.4 Å². The highest BCUT2D eigenvalue weighted by Crippen LogP contribution is 2.34. The van der Waals surface area contributed by atoms with Crippen LogP contribution in [0.4, 0.5) is 0 Å². The second kappa shape index (κ2) is 7.67. The molecule has 1 amide bonds. The fourth-order valence-corrected chi connectivity index (χ4v) is 4.30. The largest absolute Gasteiger partial charge is 0.372 e. The molecule has 0 aromatic carbocycles. The van der Waals surface area contributed by atoms with E-state index in [1.807, 2.05) is 12.1 Å². The Hall–Kier alpha value is -1.72. The summed E-state index contributed by atoms with van der Waals surface area (Å²) < 4.78 is 12.2. The third kappa shape index (κ3) is 3.62. The molecule has 1 unspecified atom stereocenters. The molecule has 0 radical (unpaired) electrons. The second-order valence-electron chi connectivity index (χ2n) is 7.20.